The normalized spacial score (nSPS) is 9.47. The van der Waals surface area contributed by atoms with Crippen LogP contribution in [-0.4, -0.2) is 0 Å². The fourth-order valence-electron chi connectivity index (χ4n) is 1.37. The van der Waals surface area contributed by atoms with Crippen molar-refractivity contribution in [3.05, 3.63) is 57.7 Å². The molecule has 90 valence electrons. The van der Waals surface area contributed by atoms with Crippen molar-refractivity contribution >= 4 is 28.3 Å². The summed E-state index contributed by atoms with van der Waals surface area (Å²) in [6.45, 7) is 0.584. The molecule has 0 aromatic heterocycles. The first-order valence-electron chi connectivity index (χ1n) is 4.97. The van der Waals surface area contributed by atoms with E-state index in [1.807, 2.05) is 48.5 Å². The Morgan fingerprint density at radius 1 is 1.06 bits per heavy atom. The van der Waals surface area contributed by atoms with Crippen LogP contribution in [0.5, 0.6) is 5.75 Å². The van der Waals surface area contributed by atoms with Gasteiger partial charge >= 0.3 is 0 Å². The van der Waals surface area contributed by atoms with E-state index in [1.165, 1.54) is 0 Å². The third kappa shape index (κ3) is 4.22. The van der Waals surface area contributed by atoms with Gasteiger partial charge in [-0.1, -0.05) is 30.3 Å². The number of hydrogen-bond acceptors (Lipinski definition) is 2. The summed E-state index contributed by atoms with van der Waals surface area (Å²) in [6.07, 6.45) is 0. The zero-order valence-electron chi connectivity index (χ0n) is 9.04. The molecule has 17 heavy (non-hydrogen) atoms. The van der Waals surface area contributed by atoms with Crippen LogP contribution in [0.1, 0.15) is 5.56 Å². The molecule has 0 radical (unpaired) electrons. The van der Waals surface area contributed by atoms with Crippen molar-refractivity contribution in [2.45, 2.75) is 6.61 Å². The zero-order valence-corrected chi connectivity index (χ0v) is 12.3. The van der Waals surface area contributed by atoms with E-state index in [9.17, 15) is 0 Å². The molecule has 2 aromatic carbocycles. The molecule has 0 amide bonds. The van der Waals surface area contributed by atoms with Gasteiger partial charge in [0.15, 0.2) is 0 Å². The number of benzene rings is 2. The van der Waals surface area contributed by atoms with Crippen LogP contribution in [0.15, 0.2) is 48.5 Å². The maximum absolute atomic E-state index is 5.71. The monoisotopic (exact) mass is 381 g/mol. The molecule has 2 aromatic rings. The fourth-order valence-corrected chi connectivity index (χ4v) is 2.06. The quantitative estimate of drug-likeness (QED) is 0.503. The average Bonchev–Trinajstić information content (AvgIpc) is 2.29. The van der Waals surface area contributed by atoms with E-state index in [0.717, 1.165) is 20.6 Å². The van der Waals surface area contributed by atoms with E-state index in [1.54, 1.807) is 0 Å². The predicted octanol–water partition coefficient (Wildman–Crippen LogP) is 3.45. The molecule has 4 heteroatoms. The number of hydrogen-bond donors (Lipinski definition) is 1. The minimum atomic E-state index is 0. The molecule has 0 atom stereocenters. The van der Waals surface area contributed by atoms with E-state index < -0.39 is 0 Å². The number of halogens is 1. The number of nitrogen functional groups attached to an aromatic ring is 1. The van der Waals surface area contributed by atoms with Gasteiger partial charge in [0.1, 0.15) is 12.4 Å². The second-order valence-corrected chi connectivity index (χ2v) is 4.63. The molecule has 0 fully saturated rings. The second-order valence-electron chi connectivity index (χ2n) is 3.46. The Bertz CT molecular complexity index is 476. The minimum Gasteiger partial charge on any atom is -0.488 e. The molecule has 2 N–H and O–H groups in total. The summed E-state index contributed by atoms with van der Waals surface area (Å²) in [5.74, 6) is 0.874. The molecule has 0 saturated heterocycles. The molecule has 0 aliphatic carbocycles. The van der Waals surface area contributed by atoms with Crippen LogP contribution < -0.4 is 10.5 Å². The van der Waals surface area contributed by atoms with Crippen LogP contribution in [0.3, 0.4) is 0 Å². The Morgan fingerprint density at radius 2 is 1.76 bits per heavy atom. The first-order valence-corrected chi connectivity index (χ1v) is 6.05. The molecule has 2 nitrogen and oxygen atoms in total. The summed E-state index contributed by atoms with van der Waals surface area (Å²) in [4.78, 5) is 0. The average molecular weight is 381 g/mol. The van der Waals surface area contributed by atoms with E-state index in [2.05, 4.69) is 22.6 Å². The van der Waals surface area contributed by atoms with Crippen LogP contribution in [0.4, 0.5) is 5.69 Å². The molecule has 0 aliphatic heterocycles. The maximum atomic E-state index is 5.71. The molecular formula is C13H12FeINO. The Labute approximate surface area is 125 Å². The number of rotatable bonds is 3. The summed E-state index contributed by atoms with van der Waals surface area (Å²) in [6, 6.07) is 15.8. The molecular weight excluding hydrogens is 369 g/mol. The summed E-state index contributed by atoms with van der Waals surface area (Å²) in [5.41, 5.74) is 7.60. The minimum absolute atomic E-state index is 0. The van der Waals surface area contributed by atoms with Crippen LogP contribution >= 0.6 is 22.6 Å². The first-order chi connectivity index (χ1) is 7.75. The van der Waals surface area contributed by atoms with Gasteiger partial charge in [0.25, 0.3) is 0 Å². The largest absolute Gasteiger partial charge is 0.488 e. The molecule has 0 aliphatic rings. The van der Waals surface area contributed by atoms with Gasteiger partial charge in [0.2, 0.25) is 0 Å². The van der Waals surface area contributed by atoms with Crippen molar-refractivity contribution in [1.82, 2.24) is 0 Å². The Morgan fingerprint density at radius 3 is 2.41 bits per heavy atom. The van der Waals surface area contributed by atoms with Gasteiger partial charge in [-0.3, -0.25) is 0 Å². The van der Waals surface area contributed by atoms with Gasteiger partial charge in [-0.15, -0.1) is 0 Å². The van der Waals surface area contributed by atoms with Crippen LogP contribution in [0, 0.1) is 3.57 Å². The number of anilines is 1. The Kier molecular flexibility index (Phi) is 5.81. The standard InChI is InChI=1S/C13H12INO.Fe/c14-12-8-11(15)6-7-13(12)16-9-10-4-2-1-3-5-10;/h1-8H,9,15H2;. The fraction of sp³-hybridized carbons (Fsp3) is 0.0769. The predicted molar refractivity (Wildman–Crippen MR) is 74.3 cm³/mol. The topological polar surface area (TPSA) is 35.2 Å². The van der Waals surface area contributed by atoms with E-state index in [4.69, 9.17) is 10.5 Å². The van der Waals surface area contributed by atoms with Crippen molar-refractivity contribution in [1.29, 1.82) is 0 Å². The molecule has 2 rings (SSSR count). The van der Waals surface area contributed by atoms with Crippen molar-refractivity contribution < 1.29 is 21.8 Å². The molecule has 0 unspecified atom stereocenters. The van der Waals surface area contributed by atoms with Gasteiger partial charge in [-0.05, 0) is 46.4 Å². The second kappa shape index (κ2) is 6.89. The number of nitrogens with two attached hydrogens (primary N) is 1. The van der Waals surface area contributed by atoms with Crippen molar-refractivity contribution in [3.63, 3.8) is 0 Å². The molecule has 0 saturated carbocycles. The van der Waals surface area contributed by atoms with Crippen LogP contribution in [0.25, 0.3) is 0 Å². The van der Waals surface area contributed by atoms with Crippen molar-refractivity contribution in [2.24, 2.45) is 0 Å². The van der Waals surface area contributed by atoms with E-state index >= 15 is 0 Å². The first kappa shape index (κ1) is 14.4. The van der Waals surface area contributed by atoms with E-state index in [-0.39, 0.29) is 17.1 Å². The van der Waals surface area contributed by atoms with Crippen LogP contribution in [0.2, 0.25) is 0 Å². The van der Waals surface area contributed by atoms with E-state index in [0.29, 0.717) is 6.61 Å². The molecule has 0 heterocycles. The third-order valence-corrected chi connectivity index (χ3v) is 3.04. The van der Waals surface area contributed by atoms with Gasteiger partial charge in [-0.25, -0.2) is 0 Å². The van der Waals surface area contributed by atoms with Gasteiger partial charge in [-0.2, -0.15) is 0 Å². The van der Waals surface area contributed by atoms with Crippen molar-refractivity contribution in [3.8, 4) is 5.75 Å². The Hall–Kier alpha value is -0.711. The summed E-state index contributed by atoms with van der Waals surface area (Å²) < 4.78 is 6.75. The molecule has 0 bridgehead atoms. The van der Waals surface area contributed by atoms with Gasteiger partial charge in [0, 0.05) is 22.8 Å². The summed E-state index contributed by atoms with van der Waals surface area (Å²) in [7, 11) is 0. The van der Waals surface area contributed by atoms with Crippen LogP contribution in [-0.2, 0) is 23.7 Å². The SMILES string of the molecule is Nc1ccc(OCc2ccccc2)c(I)c1.[Fe]. The third-order valence-electron chi connectivity index (χ3n) is 2.19. The zero-order chi connectivity index (χ0) is 11.4. The Balaban J connectivity index is 0.00000144. The van der Waals surface area contributed by atoms with Crippen molar-refractivity contribution in [2.75, 3.05) is 5.73 Å². The van der Waals surface area contributed by atoms with Gasteiger partial charge in [0.05, 0.1) is 3.57 Å². The smallest absolute Gasteiger partial charge is 0.133 e. The number of ether oxygens (including phenoxy) is 1. The molecule has 0 spiro atoms. The maximum Gasteiger partial charge on any atom is 0.133 e. The summed E-state index contributed by atoms with van der Waals surface area (Å²) in [5, 5.41) is 0. The van der Waals surface area contributed by atoms with Gasteiger partial charge < -0.3 is 10.5 Å². The summed E-state index contributed by atoms with van der Waals surface area (Å²) >= 11 is 2.22.